The maximum absolute atomic E-state index is 6.01. The topological polar surface area (TPSA) is 53.7 Å². The normalized spacial score (nSPS) is 19.2. The van der Waals surface area contributed by atoms with Gasteiger partial charge >= 0.3 is 0 Å². The summed E-state index contributed by atoms with van der Waals surface area (Å²) < 4.78 is 17.1. The first-order valence-corrected chi connectivity index (χ1v) is 7.03. The first-order chi connectivity index (χ1) is 9.33. The molecular weight excluding hydrogens is 242 g/mol. The lowest BCUT2D eigenvalue weighted by Crippen LogP contribution is -2.28. The fraction of sp³-hybridized carbons (Fsp3) is 0.600. The third kappa shape index (κ3) is 4.11. The molecule has 0 aromatic heterocycles. The zero-order valence-corrected chi connectivity index (χ0v) is 11.6. The van der Waals surface area contributed by atoms with Crippen molar-refractivity contribution in [2.75, 3.05) is 19.8 Å². The minimum Gasteiger partial charge on any atom is -0.493 e. The number of rotatable bonds is 6. The molecule has 106 valence electrons. The van der Waals surface area contributed by atoms with Gasteiger partial charge in [-0.1, -0.05) is 13.0 Å². The van der Waals surface area contributed by atoms with Gasteiger partial charge in [-0.3, -0.25) is 0 Å². The Morgan fingerprint density at radius 1 is 1.42 bits per heavy atom. The molecule has 1 aliphatic rings. The lowest BCUT2D eigenvalue weighted by molar-refractivity contribution is 0.00695. The first kappa shape index (κ1) is 14.2. The van der Waals surface area contributed by atoms with Crippen LogP contribution in [-0.4, -0.2) is 25.9 Å². The van der Waals surface area contributed by atoms with E-state index in [2.05, 4.69) is 6.92 Å². The number of ether oxygens (including phenoxy) is 3. The van der Waals surface area contributed by atoms with Gasteiger partial charge in [0, 0.05) is 24.8 Å². The molecule has 4 heteroatoms. The highest BCUT2D eigenvalue weighted by Crippen LogP contribution is 2.27. The molecule has 0 spiro atoms. The maximum Gasteiger partial charge on any atom is 0.128 e. The SMILES string of the molecule is CCCOc1ccc(CN)c(OC2CCCOC2)c1. The van der Waals surface area contributed by atoms with E-state index in [-0.39, 0.29) is 6.10 Å². The van der Waals surface area contributed by atoms with E-state index >= 15 is 0 Å². The van der Waals surface area contributed by atoms with Crippen LogP contribution in [0.25, 0.3) is 0 Å². The van der Waals surface area contributed by atoms with Crippen molar-refractivity contribution in [1.82, 2.24) is 0 Å². The summed E-state index contributed by atoms with van der Waals surface area (Å²) in [4.78, 5) is 0. The Balaban J connectivity index is 2.06. The Kier molecular flexibility index (Phi) is 5.48. The molecule has 1 aromatic rings. The van der Waals surface area contributed by atoms with E-state index in [1.807, 2.05) is 18.2 Å². The molecule has 1 fully saturated rings. The van der Waals surface area contributed by atoms with Gasteiger partial charge in [0.05, 0.1) is 13.2 Å². The fourth-order valence-corrected chi connectivity index (χ4v) is 2.11. The molecule has 4 nitrogen and oxygen atoms in total. The van der Waals surface area contributed by atoms with E-state index in [0.29, 0.717) is 19.8 Å². The molecule has 0 saturated carbocycles. The molecule has 0 bridgehead atoms. The van der Waals surface area contributed by atoms with Crippen molar-refractivity contribution in [3.05, 3.63) is 23.8 Å². The van der Waals surface area contributed by atoms with Crippen LogP contribution in [0.4, 0.5) is 0 Å². The largest absolute Gasteiger partial charge is 0.493 e. The Hall–Kier alpha value is -1.26. The molecule has 1 aliphatic heterocycles. The van der Waals surface area contributed by atoms with Crippen LogP contribution >= 0.6 is 0 Å². The van der Waals surface area contributed by atoms with Gasteiger partial charge in [0.1, 0.15) is 17.6 Å². The Labute approximate surface area is 114 Å². The van der Waals surface area contributed by atoms with Crippen LogP contribution in [0.1, 0.15) is 31.7 Å². The molecular formula is C15H23NO3. The average Bonchev–Trinajstić information content (AvgIpc) is 2.46. The summed E-state index contributed by atoms with van der Waals surface area (Å²) in [6.07, 6.45) is 3.20. The van der Waals surface area contributed by atoms with Crippen molar-refractivity contribution in [3.63, 3.8) is 0 Å². The highest BCUT2D eigenvalue weighted by molar-refractivity contribution is 5.40. The molecule has 1 saturated heterocycles. The third-order valence-corrected chi connectivity index (χ3v) is 3.14. The van der Waals surface area contributed by atoms with Crippen LogP contribution in [-0.2, 0) is 11.3 Å². The summed E-state index contributed by atoms with van der Waals surface area (Å²) in [7, 11) is 0. The Morgan fingerprint density at radius 3 is 3.00 bits per heavy atom. The molecule has 0 aliphatic carbocycles. The van der Waals surface area contributed by atoms with Gasteiger partial charge in [-0.2, -0.15) is 0 Å². The quantitative estimate of drug-likeness (QED) is 0.858. The number of hydrogen-bond donors (Lipinski definition) is 1. The summed E-state index contributed by atoms with van der Waals surface area (Å²) in [5.41, 5.74) is 6.76. The summed E-state index contributed by atoms with van der Waals surface area (Å²) in [6.45, 7) is 4.77. The molecule has 2 rings (SSSR count). The van der Waals surface area contributed by atoms with E-state index in [0.717, 1.165) is 42.9 Å². The molecule has 19 heavy (non-hydrogen) atoms. The van der Waals surface area contributed by atoms with Crippen molar-refractivity contribution in [2.45, 2.75) is 38.8 Å². The van der Waals surface area contributed by atoms with Gasteiger partial charge in [0.2, 0.25) is 0 Å². The number of hydrogen-bond acceptors (Lipinski definition) is 4. The predicted octanol–water partition coefficient (Wildman–Crippen LogP) is 2.49. The van der Waals surface area contributed by atoms with Gasteiger partial charge in [0.15, 0.2) is 0 Å². The van der Waals surface area contributed by atoms with Gasteiger partial charge in [-0.25, -0.2) is 0 Å². The van der Waals surface area contributed by atoms with E-state index in [1.165, 1.54) is 0 Å². The van der Waals surface area contributed by atoms with Crippen molar-refractivity contribution in [1.29, 1.82) is 0 Å². The van der Waals surface area contributed by atoms with Gasteiger partial charge < -0.3 is 19.9 Å². The molecule has 0 amide bonds. The maximum atomic E-state index is 6.01. The van der Waals surface area contributed by atoms with Crippen LogP contribution < -0.4 is 15.2 Å². The van der Waals surface area contributed by atoms with E-state index in [1.54, 1.807) is 0 Å². The van der Waals surface area contributed by atoms with Crippen LogP contribution in [0.2, 0.25) is 0 Å². The second-order valence-corrected chi connectivity index (χ2v) is 4.78. The lowest BCUT2D eigenvalue weighted by Gasteiger charge is -2.24. The van der Waals surface area contributed by atoms with Crippen molar-refractivity contribution < 1.29 is 14.2 Å². The van der Waals surface area contributed by atoms with Gasteiger partial charge in [-0.15, -0.1) is 0 Å². The highest BCUT2D eigenvalue weighted by atomic mass is 16.5. The number of nitrogens with two attached hydrogens (primary N) is 1. The Bertz CT molecular complexity index is 389. The van der Waals surface area contributed by atoms with Gasteiger partial charge in [0.25, 0.3) is 0 Å². The standard InChI is InChI=1S/C15H23NO3/c1-2-7-18-13-6-5-12(10-16)15(9-13)19-14-4-3-8-17-11-14/h5-6,9,14H,2-4,7-8,10-11,16H2,1H3. The summed E-state index contributed by atoms with van der Waals surface area (Å²) >= 11 is 0. The predicted molar refractivity (Wildman–Crippen MR) is 74.6 cm³/mol. The molecule has 1 aromatic carbocycles. The van der Waals surface area contributed by atoms with E-state index < -0.39 is 0 Å². The summed E-state index contributed by atoms with van der Waals surface area (Å²) in [5.74, 6) is 1.66. The fourth-order valence-electron chi connectivity index (χ4n) is 2.11. The van der Waals surface area contributed by atoms with E-state index in [4.69, 9.17) is 19.9 Å². The molecule has 1 heterocycles. The van der Waals surface area contributed by atoms with Crippen molar-refractivity contribution >= 4 is 0 Å². The van der Waals surface area contributed by atoms with E-state index in [9.17, 15) is 0 Å². The monoisotopic (exact) mass is 265 g/mol. The second kappa shape index (κ2) is 7.36. The lowest BCUT2D eigenvalue weighted by atomic mass is 10.1. The first-order valence-electron chi connectivity index (χ1n) is 7.03. The average molecular weight is 265 g/mol. The third-order valence-electron chi connectivity index (χ3n) is 3.14. The molecule has 2 N–H and O–H groups in total. The minimum absolute atomic E-state index is 0.125. The summed E-state index contributed by atoms with van der Waals surface area (Å²) in [6, 6.07) is 5.86. The van der Waals surface area contributed by atoms with Crippen LogP contribution in [0.3, 0.4) is 0 Å². The van der Waals surface area contributed by atoms with Crippen LogP contribution in [0.15, 0.2) is 18.2 Å². The molecule has 0 radical (unpaired) electrons. The molecule has 1 atom stereocenters. The number of benzene rings is 1. The summed E-state index contributed by atoms with van der Waals surface area (Å²) in [5, 5.41) is 0. The zero-order valence-electron chi connectivity index (χ0n) is 11.6. The Morgan fingerprint density at radius 2 is 2.32 bits per heavy atom. The molecule has 1 unspecified atom stereocenters. The minimum atomic E-state index is 0.125. The van der Waals surface area contributed by atoms with Gasteiger partial charge in [-0.05, 0) is 25.3 Å². The van der Waals surface area contributed by atoms with Crippen LogP contribution in [0, 0.1) is 0 Å². The highest BCUT2D eigenvalue weighted by Gasteiger charge is 2.17. The van der Waals surface area contributed by atoms with Crippen molar-refractivity contribution in [2.24, 2.45) is 5.73 Å². The van der Waals surface area contributed by atoms with Crippen molar-refractivity contribution in [3.8, 4) is 11.5 Å². The van der Waals surface area contributed by atoms with Crippen LogP contribution in [0.5, 0.6) is 11.5 Å². The smallest absolute Gasteiger partial charge is 0.128 e. The second-order valence-electron chi connectivity index (χ2n) is 4.78. The zero-order chi connectivity index (χ0) is 13.5.